The third-order valence-corrected chi connectivity index (χ3v) is 4.30. The molecule has 0 N–H and O–H groups in total. The summed E-state index contributed by atoms with van der Waals surface area (Å²) in [4.78, 5) is 11.2. The van der Waals surface area contributed by atoms with Crippen LogP contribution in [-0.2, 0) is 18.7 Å². The molecule has 17 heavy (non-hydrogen) atoms. The van der Waals surface area contributed by atoms with Crippen LogP contribution in [0, 0.1) is 4.91 Å². The number of nitrogens with zero attached hydrogens (tertiary/aromatic N) is 1. The molecule has 0 atom stereocenters. The molecule has 2 rings (SSSR count). The van der Waals surface area contributed by atoms with Gasteiger partial charge in [0.1, 0.15) is 0 Å². The maximum Gasteiger partial charge on any atom is 0.357 e. The predicted octanol–water partition coefficient (Wildman–Crippen LogP) is 3.22. The van der Waals surface area contributed by atoms with Crippen LogP contribution in [0.1, 0.15) is 0 Å². The Hall–Kier alpha value is -2.01. The molecule has 0 heterocycles. The van der Waals surface area contributed by atoms with Crippen molar-refractivity contribution in [2.75, 3.05) is 0 Å². The highest BCUT2D eigenvalue weighted by Gasteiger charge is 2.39. The van der Waals surface area contributed by atoms with E-state index in [1.54, 1.807) is 60.7 Å². The zero-order valence-corrected chi connectivity index (χ0v) is 9.67. The second-order valence-electron chi connectivity index (χ2n) is 3.28. The van der Waals surface area contributed by atoms with Gasteiger partial charge in [-0.3, -0.25) is 0 Å². The van der Waals surface area contributed by atoms with Crippen LogP contribution in [0.25, 0.3) is 0 Å². The van der Waals surface area contributed by atoms with Crippen LogP contribution < -0.4 is 0 Å². The van der Waals surface area contributed by atoms with E-state index < -0.39 is 10.2 Å². The number of hydrogen-bond donors (Lipinski definition) is 0. The van der Waals surface area contributed by atoms with Gasteiger partial charge in [-0.05, 0) is 28.5 Å². The van der Waals surface area contributed by atoms with Crippen molar-refractivity contribution < 1.29 is 8.49 Å². The smallest absolute Gasteiger partial charge is 0.123 e. The zero-order valence-electron chi connectivity index (χ0n) is 8.85. The molecule has 4 nitrogen and oxygen atoms in total. The Bertz CT molecular complexity index is 499. The fourth-order valence-corrected chi connectivity index (χ4v) is 3.03. The lowest BCUT2D eigenvalue weighted by atomic mass is 10.4. The maximum atomic E-state index is 12.7. The summed E-state index contributed by atoms with van der Waals surface area (Å²) in [6.07, 6.45) is 0. The topological polar surface area (TPSA) is 55.7 Å². The molecule has 0 aromatic heterocycles. The fourth-order valence-electron chi connectivity index (χ4n) is 1.46. The van der Waals surface area contributed by atoms with Gasteiger partial charge in [0.15, 0.2) is 0 Å². The van der Waals surface area contributed by atoms with Crippen molar-refractivity contribution in [1.29, 1.82) is 0 Å². The molecule has 0 saturated carbocycles. The van der Waals surface area contributed by atoms with Gasteiger partial charge in [0, 0.05) is 0 Å². The lowest BCUT2D eigenvalue weighted by Gasteiger charge is -2.04. The monoisotopic (exact) mass is 248 g/mol. The first-order chi connectivity index (χ1) is 8.27. The highest BCUT2D eigenvalue weighted by atomic mass is 32.3. The standard InChI is InChI=1S/C12H10NO3S/c14-13-16-17(15,11-7-3-1-4-8-11)12-9-5-2-6-10-12/h1-10H/q+1. The van der Waals surface area contributed by atoms with Gasteiger partial charge in [-0.1, -0.05) is 36.4 Å². The van der Waals surface area contributed by atoms with Crippen molar-refractivity contribution in [2.24, 2.45) is 5.34 Å². The van der Waals surface area contributed by atoms with Gasteiger partial charge in [-0.25, -0.2) is 0 Å². The average molecular weight is 248 g/mol. The van der Waals surface area contributed by atoms with Crippen molar-refractivity contribution in [3.8, 4) is 0 Å². The van der Waals surface area contributed by atoms with Crippen LogP contribution in [-0.4, -0.2) is 0 Å². The van der Waals surface area contributed by atoms with Crippen LogP contribution in [0.15, 0.2) is 75.8 Å². The first kappa shape index (κ1) is 11.5. The molecular formula is C12H10NO3S+. The molecule has 5 heteroatoms. The van der Waals surface area contributed by atoms with Crippen LogP contribution >= 0.6 is 0 Å². The van der Waals surface area contributed by atoms with Crippen molar-refractivity contribution >= 4 is 10.2 Å². The molecule has 0 saturated heterocycles. The molecule has 0 unspecified atom stereocenters. The first-order valence-electron chi connectivity index (χ1n) is 4.93. The molecule has 2 aromatic rings. The van der Waals surface area contributed by atoms with Crippen molar-refractivity contribution in [1.82, 2.24) is 0 Å². The summed E-state index contributed by atoms with van der Waals surface area (Å²) in [6.45, 7) is 0. The van der Waals surface area contributed by atoms with Crippen LogP contribution in [0.4, 0.5) is 0 Å². The van der Waals surface area contributed by atoms with E-state index in [-0.39, 0.29) is 0 Å². The minimum absolute atomic E-state index is 0.422. The van der Waals surface area contributed by atoms with Gasteiger partial charge in [0.05, 0.1) is 0 Å². The Balaban J connectivity index is 2.55. The van der Waals surface area contributed by atoms with Gasteiger partial charge in [0.25, 0.3) is 0 Å². The maximum absolute atomic E-state index is 12.7. The molecule has 0 bridgehead atoms. The molecule has 86 valence electrons. The second kappa shape index (κ2) is 4.88. The number of benzene rings is 2. The Labute approximate surface area is 99.8 Å². The molecule has 0 spiro atoms. The normalized spacial score (nSPS) is 10.8. The average Bonchev–Trinajstić information content (AvgIpc) is 2.41. The third kappa shape index (κ3) is 2.24. The van der Waals surface area contributed by atoms with Crippen molar-refractivity contribution in [3.05, 3.63) is 65.6 Å². The van der Waals surface area contributed by atoms with Crippen LogP contribution in [0.2, 0.25) is 0 Å². The van der Waals surface area contributed by atoms with Gasteiger partial charge >= 0.3 is 10.2 Å². The Morgan fingerprint density at radius 2 is 1.24 bits per heavy atom. The summed E-state index contributed by atoms with van der Waals surface area (Å²) in [6, 6.07) is 17.1. The molecule has 0 fully saturated rings. The summed E-state index contributed by atoms with van der Waals surface area (Å²) in [5, 5.41) is 2.34. The first-order valence-corrected chi connectivity index (χ1v) is 6.41. The summed E-state index contributed by atoms with van der Waals surface area (Å²) in [7, 11) is -3.08. The quantitative estimate of drug-likeness (QED) is 0.474. The fraction of sp³-hybridized carbons (Fsp3) is 0. The Morgan fingerprint density at radius 1 is 0.824 bits per heavy atom. The predicted molar refractivity (Wildman–Crippen MR) is 64.3 cm³/mol. The lowest BCUT2D eigenvalue weighted by molar-refractivity contribution is 0.343. The van der Waals surface area contributed by atoms with Crippen molar-refractivity contribution in [2.45, 2.75) is 9.79 Å². The van der Waals surface area contributed by atoms with E-state index in [1.807, 2.05) is 0 Å². The lowest BCUT2D eigenvalue weighted by Crippen LogP contribution is -2.13. The third-order valence-electron chi connectivity index (χ3n) is 2.24. The minimum atomic E-state index is -3.08. The minimum Gasteiger partial charge on any atom is -0.123 e. The molecule has 0 aliphatic heterocycles. The molecular weight excluding hydrogens is 238 g/mol. The van der Waals surface area contributed by atoms with Gasteiger partial charge < -0.3 is 0 Å². The molecule has 0 aliphatic carbocycles. The molecule has 2 aromatic carbocycles. The Morgan fingerprint density at radius 3 is 1.59 bits per heavy atom. The van der Waals surface area contributed by atoms with E-state index in [2.05, 4.69) is 9.62 Å². The number of rotatable bonds is 4. The zero-order chi connectivity index (χ0) is 12.1. The van der Waals surface area contributed by atoms with Crippen molar-refractivity contribution in [3.63, 3.8) is 0 Å². The van der Waals surface area contributed by atoms with Crippen LogP contribution in [0.3, 0.4) is 0 Å². The Kier molecular flexibility index (Phi) is 3.30. The molecule has 0 amide bonds. The highest BCUT2D eigenvalue weighted by Crippen LogP contribution is 2.29. The van der Waals surface area contributed by atoms with E-state index in [0.717, 1.165) is 0 Å². The van der Waals surface area contributed by atoms with E-state index >= 15 is 0 Å². The highest BCUT2D eigenvalue weighted by molar-refractivity contribution is 7.98. The molecule has 0 radical (unpaired) electrons. The molecule has 0 aliphatic rings. The van der Waals surface area contributed by atoms with Gasteiger partial charge in [0.2, 0.25) is 15.1 Å². The van der Waals surface area contributed by atoms with E-state index in [4.69, 9.17) is 0 Å². The summed E-state index contributed by atoms with van der Waals surface area (Å²) >= 11 is 0. The SMILES string of the molecule is O=NO[S+](=O)(c1ccccc1)c1ccccc1. The number of hydrogen-bond acceptors (Lipinski definition) is 4. The summed E-state index contributed by atoms with van der Waals surface area (Å²) in [5.41, 5.74) is 0. The van der Waals surface area contributed by atoms with Gasteiger partial charge in [-0.15, -0.1) is 9.19 Å². The van der Waals surface area contributed by atoms with Crippen LogP contribution in [0.5, 0.6) is 0 Å². The largest absolute Gasteiger partial charge is 0.357 e. The summed E-state index contributed by atoms with van der Waals surface area (Å²) < 4.78 is 17.3. The van der Waals surface area contributed by atoms with E-state index in [9.17, 15) is 9.12 Å². The second-order valence-corrected chi connectivity index (χ2v) is 5.38. The summed E-state index contributed by atoms with van der Waals surface area (Å²) in [5.74, 6) is 0. The van der Waals surface area contributed by atoms with E-state index in [1.165, 1.54) is 0 Å². The van der Waals surface area contributed by atoms with Gasteiger partial charge in [-0.2, -0.15) is 0 Å². The van der Waals surface area contributed by atoms with E-state index in [0.29, 0.717) is 9.79 Å².